The van der Waals surface area contributed by atoms with Gasteiger partial charge < -0.3 is 15.9 Å². The summed E-state index contributed by atoms with van der Waals surface area (Å²) in [5.74, 6) is 0. The average molecular weight is 439 g/mol. The van der Waals surface area contributed by atoms with E-state index in [1.807, 2.05) is 121 Å². The predicted octanol–water partition coefficient (Wildman–Crippen LogP) is 4.66. The van der Waals surface area contributed by atoms with Crippen molar-refractivity contribution in [2.45, 2.75) is 30.3 Å². The molecule has 0 saturated carbocycles. The zero-order valence-electron chi connectivity index (χ0n) is 18.7. The Hall–Kier alpha value is -3.28. The maximum atomic E-state index is 12.3. The molecule has 0 amide bonds. The zero-order valence-corrected chi connectivity index (χ0v) is 18.7. The van der Waals surface area contributed by atoms with Crippen molar-refractivity contribution in [2.24, 2.45) is 5.73 Å². The fraction of sp³-hybridized carbons (Fsp3) is 0.172. The Kier molecular flexibility index (Phi) is 6.72. The molecule has 0 aromatic heterocycles. The van der Waals surface area contributed by atoms with Gasteiger partial charge in [0.25, 0.3) is 0 Å². The lowest BCUT2D eigenvalue weighted by Crippen LogP contribution is -2.66. The third-order valence-electron chi connectivity index (χ3n) is 6.21. The van der Waals surface area contributed by atoms with E-state index in [0.29, 0.717) is 11.1 Å². The van der Waals surface area contributed by atoms with Gasteiger partial charge in [-0.3, -0.25) is 5.32 Å². The predicted molar refractivity (Wildman–Crippen MR) is 132 cm³/mol. The minimum atomic E-state index is -1.57. The molecule has 0 bridgehead atoms. The van der Waals surface area contributed by atoms with Crippen LogP contribution in [0.2, 0.25) is 0 Å². The summed E-state index contributed by atoms with van der Waals surface area (Å²) in [4.78, 5) is 0. The van der Waals surface area contributed by atoms with Crippen molar-refractivity contribution in [1.82, 2.24) is 5.32 Å². The lowest BCUT2D eigenvalue weighted by atomic mass is 9.76. The molecule has 0 aliphatic heterocycles. The van der Waals surface area contributed by atoms with E-state index in [4.69, 9.17) is 5.73 Å². The van der Waals surface area contributed by atoms with Crippen LogP contribution in [0.5, 0.6) is 0 Å². The van der Waals surface area contributed by atoms with Crippen molar-refractivity contribution in [3.63, 3.8) is 0 Å². The molecular formula is C29H30N2O2. The smallest absolute Gasteiger partial charge is 0.145 e. The third kappa shape index (κ3) is 4.61. The summed E-state index contributed by atoms with van der Waals surface area (Å²) < 4.78 is 0. The van der Waals surface area contributed by atoms with E-state index < -0.39 is 23.4 Å². The van der Waals surface area contributed by atoms with Gasteiger partial charge in [0.15, 0.2) is 0 Å². The third-order valence-corrected chi connectivity index (χ3v) is 6.21. The lowest BCUT2D eigenvalue weighted by molar-refractivity contribution is -0.0294. The molecule has 4 aromatic carbocycles. The number of nitrogens with one attached hydrogen (secondary N) is 1. The van der Waals surface area contributed by atoms with E-state index >= 15 is 0 Å². The van der Waals surface area contributed by atoms with Crippen molar-refractivity contribution < 1.29 is 10.2 Å². The SMILES string of the molecule is CC(N)(N[C@H](c1ccccc1)[C@H](O)c1ccccc1)C(O)(c1ccccc1)c1ccccc1. The first-order chi connectivity index (χ1) is 15.9. The number of nitrogens with two attached hydrogens (primary N) is 1. The standard InChI is InChI=1S/C29H30N2O2/c1-28(30,29(33,24-18-10-4-11-19-24)25-20-12-5-13-21-25)31-26(22-14-6-2-7-15-22)27(32)23-16-8-3-9-17-23/h2-21,26-27,31-33H,30H2,1H3/t26-,27-,28?/m1/s1. The summed E-state index contributed by atoms with van der Waals surface area (Å²) >= 11 is 0. The van der Waals surface area contributed by atoms with Gasteiger partial charge in [0.1, 0.15) is 11.3 Å². The molecule has 168 valence electrons. The van der Waals surface area contributed by atoms with E-state index in [2.05, 4.69) is 5.32 Å². The van der Waals surface area contributed by atoms with Gasteiger partial charge in [-0.15, -0.1) is 0 Å². The van der Waals surface area contributed by atoms with Gasteiger partial charge in [-0.1, -0.05) is 121 Å². The van der Waals surface area contributed by atoms with Gasteiger partial charge in [-0.05, 0) is 29.2 Å². The Morgan fingerprint density at radius 1 is 0.636 bits per heavy atom. The Labute approximate surface area is 195 Å². The molecule has 4 nitrogen and oxygen atoms in total. The number of benzene rings is 4. The maximum Gasteiger partial charge on any atom is 0.145 e. The van der Waals surface area contributed by atoms with E-state index in [1.54, 1.807) is 6.92 Å². The van der Waals surface area contributed by atoms with E-state index in [0.717, 1.165) is 11.1 Å². The fourth-order valence-electron chi connectivity index (χ4n) is 4.40. The molecule has 0 spiro atoms. The van der Waals surface area contributed by atoms with Crippen molar-refractivity contribution in [3.8, 4) is 0 Å². The first kappa shape index (κ1) is 22.9. The van der Waals surface area contributed by atoms with Gasteiger partial charge >= 0.3 is 0 Å². The summed E-state index contributed by atoms with van der Waals surface area (Å²) in [5, 5.41) is 27.1. The number of aliphatic hydroxyl groups is 2. The molecule has 5 N–H and O–H groups in total. The summed E-state index contributed by atoms with van der Waals surface area (Å²) in [5.41, 5.74) is 6.97. The first-order valence-corrected chi connectivity index (χ1v) is 11.1. The molecule has 0 heterocycles. The van der Waals surface area contributed by atoms with Gasteiger partial charge in [-0.2, -0.15) is 0 Å². The Morgan fingerprint density at radius 3 is 1.42 bits per heavy atom. The zero-order chi connectivity index (χ0) is 23.3. The fourth-order valence-corrected chi connectivity index (χ4v) is 4.40. The highest BCUT2D eigenvalue weighted by atomic mass is 16.3. The van der Waals surface area contributed by atoms with Crippen LogP contribution in [0.1, 0.15) is 41.3 Å². The number of hydrogen-bond donors (Lipinski definition) is 4. The molecule has 4 aromatic rings. The van der Waals surface area contributed by atoms with Crippen LogP contribution in [-0.2, 0) is 5.60 Å². The monoisotopic (exact) mass is 438 g/mol. The minimum Gasteiger partial charge on any atom is -0.386 e. The largest absolute Gasteiger partial charge is 0.386 e. The van der Waals surface area contributed by atoms with Crippen molar-refractivity contribution in [3.05, 3.63) is 144 Å². The molecule has 0 radical (unpaired) electrons. The van der Waals surface area contributed by atoms with Crippen LogP contribution in [-0.4, -0.2) is 15.9 Å². The average Bonchev–Trinajstić information content (AvgIpc) is 2.88. The van der Waals surface area contributed by atoms with Crippen LogP contribution in [0.4, 0.5) is 0 Å². The van der Waals surface area contributed by atoms with Crippen LogP contribution >= 0.6 is 0 Å². The highest BCUT2D eigenvalue weighted by Gasteiger charge is 2.49. The van der Waals surface area contributed by atoms with Crippen LogP contribution in [0.15, 0.2) is 121 Å². The number of aliphatic hydroxyl groups excluding tert-OH is 1. The molecule has 1 unspecified atom stereocenters. The van der Waals surface area contributed by atoms with E-state index in [-0.39, 0.29) is 0 Å². The number of hydrogen-bond acceptors (Lipinski definition) is 4. The Balaban J connectivity index is 1.81. The van der Waals surface area contributed by atoms with E-state index in [1.165, 1.54) is 0 Å². The molecule has 33 heavy (non-hydrogen) atoms. The van der Waals surface area contributed by atoms with Crippen molar-refractivity contribution in [1.29, 1.82) is 0 Å². The molecule has 0 saturated heterocycles. The summed E-state index contributed by atoms with van der Waals surface area (Å²) in [6.45, 7) is 1.76. The highest BCUT2D eigenvalue weighted by Crippen LogP contribution is 2.40. The highest BCUT2D eigenvalue weighted by molar-refractivity contribution is 5.40. The quantitative estimate of drug-likeness (QED) is 0.302. The van der Waals surface area contributed by atoms with Crippen molar-refractivity contribution >= 4 is 0 Å². The normalized spacial score (nSPS) is 15.4. The second-order valence-corrected chi connectivity index (χ2v) is 8.53. The van der Waals surface area contributed by atoms with Gasteiger partial charge in [-0.25, -0.2) is 0 Å². The Morgan fingerprint density at radius 2 is 1.00 bits per heavy atom. The summed E-state index contributed by atoms with van der Waals surface area (Å²) in [6.07, 6.45) is -0.882. The molecular weight excluding hydrogens is 408 g/mol. The van der Waals surface area contributed by atoms with Gasteiger partial charge in [0.2, 0.25) is 0 Å². The van der Waals surface area contributed by atoms with Gasteiger partial charge in [0, 0.05) is 0 Å². The topological polar surface area (TPSA) is 78.5 Å². The maximum absolute atomic E-state index is 12.3. The second kappa shape index (κ2) is 9.69. The molecule has 0 aliphatic carbocycles. The molecule has 0 fully saturated rings. The van der Waals surface area contributed by atoms with Crippen LogP contribution < -0.4 is 11.1 Å². The molecule has 0 aliphatic rings. The lowest BCUT2D eigenvalue weighted by Gasteiger charge is -2.46. The van der Waals surface area contributed by atoms with Crippen LogP contribution in [0.25, 0.3) is 0 Å². The second-order valence-electron chi connectivity index (χ2n) is 8.53. The number of rotatable bonds is 8. The van der Waals surface area contributed by atoms with Gasteiger partial charge in [0.05, 0.1) is 12.1 Å². The minimum absolute atomic E-state index is 0.567. The van der Waals surface area contributed by atoms with Crippen LogP contribution in [0, 0.1) is 0 Å². The van der Waals surface area contributed by atoms with E-state index in [9.17, 15) is 10.2 Å². The van der Waals surface area contributed by atoms with Crippen LogP contribution in [0.3, 0.4) is 0 Å². The summed E-state index contributed by atoms with van der Waals surface area (Å²) in [6, 6.07) is 37.4. The molecule has 4 heteroatoms. The Bertz CT molecular complexity index is 1090. The first-order valence-electron chi connectivity index (χ1n) is 11.1. The molecule has 3 atom stereocenters. The van der Waals surface area contributed by atoms with Crippen molar-refractivity contribution in [2.75, 3.05) is 0 Å². The summed E-state index contributed by atoms with van der Waals surface area (Å²) in [7, 11) is 0. The molecule has 4 rings (SSSR count).